The van der Waals surface area contributed by atoms with Crippen LogP contribution in [0.5, 0.6) is 0 Å². The quantitative estimate of drug-likeness (QED) is 0.0437. The van der Waals surface area contributed by atoms with Crippen molar-refractivity contribution in [2.24, 2.45) is 0 Å². The Morgan fingerprint density at radius 2 is 1.16 bits per heavy atom. The molecule has 2 atom stereocenters. The lowest BCUT2D eigenvalue weighted by Crippen LogP contribution is -2.52. The summed E-state index contributed by atoms with van der Waals surface area (Å²) in [5.41, 5.74) is 2.99. The van der Waals surface area contributed by atoms with E-state index < -0.39 is 40.4 Å². The van der Waals surface area contributed by atoms with Crippen LogP contribution in [0.4, 0.5) is 21.0 Å². The maximum Gasteiger partial charge on any atom is 0.414 e. The molecule has 352 valence electrons. The number of amides is 5. The van der Waals surface area contributed by atoms with Crippen molar-refractivity contribution in [3.63, 3.8) is 0 Å². The number of benzene rings is 4. The zero-order valence-electron chi connectivity index (χ0n) is 36.7. The van der Waals surface area contributed by atoms with Crippen molar-refractivity contribution < 1.29 is 55.6 Å². The molecule has 4 aromatic rings. The zero-order chi connectivity index (χ0) is 48.1. The SMILES string of the molecule is CCOC(=O)CCN1CCN(CC2CN(c3ccc(C(=N)NC(=O)c4ccccc4)cc3)C(=O)O2)CC1=O.CS(=O)(=O)OCC1CN(c2ccc(C(=N)NC(=O)c3ccccc3)cc2)C(=O)O1. The first-order valence-corrected chi connectivity index (χ1v) is 23.0. The Bertz CT molecular complexity index is 2560. The van der Waals surface area contributed by atoms with Gasteiger partial charge in [-0.05, 0) is 79.7 Å². The van der Waals surface area contributed by atoms with Crippen LogP contribution in [0, 0.1) is 10.8 Å². The minimum absolute atomic E-state index is 0.0432. The van der Waals surface area contributed by atoms with Gasteiger partial charge in [-0.1, -0.05) is 36.4 Å². The molecule has 67 heavy (non-hydrogen) atoms. The van der Waals surface area contributed by atoms with Gasteiger partial charge in [0.1, 0.15) is 30.5 Å². The van der Waals surface area contributed by atoms with Crippen LogP contribution < -0.4 is 20.4 Å². The number of nitrogens with zero attached hydrogens (tertiary/aromatic N) is 4. The molecule has 3 aliphatic heterocycles. The van der Waals surface area contributed by atoms with E-state index in [1.165, 1.54) is 9.80 Å². The largest absolute Gasteiger partial charge is 0.466 e. The number of hydrogen-bond donors (Lipinski definition) is 4. The Balaban J connectivity index is 0.000000229. The summed E-state index contributed by atoms with van der Waals surface area (Å²) in [5, 5.41) is 21.3. The Hall–Kier alpha value is -7.49. The summed E-state index contributed by atoms with van der Waals surface area (Å²) in [4.78, 5) is 79.5. The van der Waals surface area contributed by atoms with Crippen molar-refractivity contribution >= 4 is 69.0 Å². The van der Waals surface area contributed by atoms with E-state index in [1.54, 1.807) is 115 Å². The Kier molecular flexibility index (Phi) is 16.5. The predicted molar refractivity (Wildman–Crippen MR) is 245 cm³/mol. The molecule has 0 spiro atoms. The third kappa shape index (κ3) is 14.0. The lowest BCUT2D eigenvalue weighted by Gasteiger charge is -2.34. The van der Waals surface area contributed by atoms with Crippen LogP contribution in [0.2, 0.25) is 0 Å². The molecular weight excluding hydrogens is 889 g/mol. The van der Waals surface area contributed by atoms with Gasteiger partial charge >= 0.3 is 18.2 Å². The number of esters is 1. The van der Waals surface area contributed by atoms with Crippen molar-refractivity contribution in [3.8, 4) is 0 Å². The molecule has 0 bridgehead atoms. The van der Waals surface area contributed by atoms with E-state index in [1.807, 2.05) is 11.0 Å². The van der Waals surface area contributed by atoms with E-state index in [0.29, 0.717) is 73.0 Å². The Morgan fingerprint density at radius 1 is 0.687 bits per heavy atom. The topological polar surface area (TPSA) is 258 Å². The highest BCUT2D eigenvalue weighted by Crippen LogP contribution is 2.24. The Labute approximate surface area is 386 Å². The molecule has 20 nitrogen and oxygen atoms in total. The van der Waals surface area contributed by atoms with Gasteiger partial charge in [-0.3, -0.25) is 48.9 Å². The summed E-state index contributed by atoms with van der Waals surface area (Å²) in [7, 11) is -3.62. The second kappa shape index (κ2) is 22.6. The van der Waals surface area contributed by atoms with Gasteiger partial charge in [-0.2, -0.15) is 8.42 Å². The van der Waals surface area contributed by atoms with Crippen LogP contribution in [-0.2, 0) is 38.1 Å². The fraction of sp³-hybridized carbons (Fsp3) is 0.304. The molecule has 21 heteroatoms. The van der Waals surface area contributed by atoms with E-state index in [9.17, 15) is 37.2 Å². The number of piperazine rings is 1. The molecular formula is C46H50N8O12S. The molecule has 5 amide bonds. The van der Waals surface area contributed by atoms with Gasteiger partial charge in [-0.15, -0.1) is 0 Å². The first kappa shape index (κ1) is 49.0. The highest BCUT2D eigenvalue weighted by atomic mass is 32.2. The average Bonchev–Trinajstić information content (AvgIpc) is 3.89. The summed E-state index contributed by atoms with van der Waals surface area (Å²) in [6, 6.07) is 30.4. The molecule has 3 fully saturated rings. The normalized spacial score (nSPS) is 17.2. The molecule has 3 aliphatic rings. The maximum atomic E-state index is 12.5. The first-order valence-electron chi connectivity index (χ1n) is 21.1. The van der Waals surface area contributed by atoms with Crippen LogP contribution in [-0.4, -0.2) is 143 Å². The second-order valence-electron chi connectivity index (χ2n) is 15.4. The molecule has 3 heterocycles. The molecule has 7 rings (SSSR count). The van der Waals surface area contributed by atoms with Gasteiger partial charge in [0.05, 0.1) is 38.9 Å². The van der Waals surface area contributed by atoms with Crippen LogP contribution in [0.1, 0.15) is 45.2 Å². The summed E-state index contributed by atoms with van der Waals surface area (Å²) in [5.74, 6) is -1.27. The Morgan fingerprint density at radius 3 is 1.63 bits per heavy atom. The standard InChI is InChI=1S/C27H31N5O6.C19H19N3O6S/c1-2-37-24(34)12-13-31-15-14-30(18-23(31)33)16-22-17-32(27(36)38-22)21-10-8-19(9-11-21)25(28)29-26(35)20-6-4-3-5-7-20;1-29(25,26)27-12-16-11-22(19(24)28-16)15-9-7-13(8-10-15)17(20)21-18(23)14-5-3-2-4-6-14/h3-11,22H,2,12-18H2,1H3,(H2,28,29,35);2-10,16H,11-12H2,1H3,(H2,20,21,23). The number of carbonyl (C=O) groups excluding carboxylic acids is 6. The molecule has 0 saturated carbocycles. The number of anilines is 2. The van der Waals surface area contributed by atoms with Gasteiger partial charge in [-0.25, -0.2) is 9.59 Å². The van der Waals surface area contributed by atoms with Crippen LogP contribution in [0.3, 0.4) is 0 Å². The third-order valence-corrected chi connectivity index (χ3v) is 11.0. The average molecular weight is 939 g/mol. The van der Waals surface area contributed by atoms with Crippen molar-refractivity contribution in [1.29, 1.82) is 10.8 Å². The summed E-state index contributed by atoms with van der Waals surface area (Å²) in [6.45, 7) is 4.35. The molecule has 0 aromatic heterocycles. The minimum Gasteiger partial charge on any atom is -0.466 e. The molecule has 4 aromatic carbocycles. The van der Waals surface area contributed by atoms with Gasteiger partial charge < -0.3 is 29.7 Å². The number of hydrogen-bond acceptors (Lipinski definition) is 15. The monoisotopic (exact) mass is 938 g/mol. The minimum atomic E-state index is -3.62. The fourth-order valence-electron chi connectivity index (χ4n) is 7.05. The van der Waals surface area contributed by atoms with Gasteiger partial charge in [0.2, 0.25) is 5.91 Å². The molecule has 2 unspecified atom stereocenters. The number of carbonyl (C=O) groups is 6. The van der Waals surface area contributed by atoms with E-state index >= 15 is 0 Å². The summed E-state index contributed by atoms with van der Waals surface area (Å²) >= 11 is 0. The van der Waals surface area contributed by atoms with Crippen molar-refractivity contribution in [3.05, 3.63) is 131 Å². The van der Waals surface area contributed by atoms with Crippen molar-refractivity contribution in [1.82, 2.24) is 20.4 Å². The highest BCUT2D eigenvalue weighted by molar-refractivity contribution is 7.86. The summed E-state index contributed by atoms with van der Waals surface area (Å²) in [6.07, 6.45) is -1.11. The van der Waals surface area contributed by atoms with Crippen LogP contribution >= 0.6 is 0 Å². The molecule has 0 radical (unpaired) electrons. The van der Waals surface area contributed by atoms with E-state index in [0.717, 1.165) is 6.26 Å². The number of amidine groups is 2. The van der Waals surface area contributed by atoms with Gasteiger partial charge in [0.25, 0.3) is 21.9 Å². The third-order valence-electron chi connectivity index (χ3n) is 10.5. The zero-order valence-corrected chi connectivity index (χ0v) is 37.5. The smallest absolute Gasteiger partial charge is 0.414 e. The summed E-state index contributed by atoms with van der Waals surface area (Å²) < 4.78 is 42.4. The van der Waals surface area contributed by atoms with Crippen LogP contribution in [0.15, 0.2) is 109 Å². The van der Waals surface area contributed by atoms with E-state index in [-0.39, 0.29) is 55.6 Å². The van der Waals surface area contributed by atoms with Gasteiger partial charge in [0, 0.05) is 59.8 Å². The lowest BCUT2D eigenvalue weighted by atomic mass is 10.1. The first-order chi connectivity index (χ1) is 32.1. The number of ether oxygens (including phenoxy) is 3. The van der Waals surface area contributed by atoms with E-state index in [4.69, 9.17) is 25.0 Å². The van der Waals surface area contributed by atoms with Gasteiger partial charge in [0.15, 0.2) is 0 Å². The predicted octanol–water partition coefficient (Wildman–Crippen LogP) is 3.61. The number of rotatable bonds is 15. The number of nitrogens with one attached hydrogen (secondary N) is 4. The molecule has 4 N–H and O–H groups in total. The van der Waals surface area contributed by atoms with Crippen LogP contribution in [0.25, 0.3) is 0 Å². The van der Waals surface area contributed by atoms with Crippen molar-refractivity contribution in [2.75, 3.05) is 75.1 Å². The van der Waals surface area contributed by atoms with Crippen molar-refractivity contribution in [2.45, 2.75) is 25.6 Å². The lowest BCUT2D eigenvalue weighted by molar-refractivity contribution is -0.144. The maximum absolute atomic E-state index is 12.5. The molecule has 3 saturated heterocycles. The number of cyclic esters (lactones) is 2. The molecule has 0 aliphatic carbocycles. The fourth-order valence-corrected chi connectivity index (χ4v) is 7.45. The second-order valence-corrected chi connectivity index (χ2v) is 17.0. The van der Waals surface area contributed by atoms with E-state index in [2.05, 4.69) is 14.8 Å². The highest BCUT2D eigenvalue weighted by Gasteiger charge is 2.36.